The number of aryl methyl sites for hydroxylation is 1. The summed E-state index contributed by atoms with van der Waals surface area (Å²) in [6.45, 7) is 4.21. The maximum atomic E-state index is 13.6. The van der Waals surface area contributed by atoms with Gasteiger partial charge in [-0.1, -0.05) is 6.07 Å². The largest absolute Gasteiger partial charge is 0.352 e. The molecule has 2 heterocycles. The lowest BCUT2D eigenvalue weighted by Crippen LogP contribution is -2.28. The fourth-order valence-electron chi connectivity index (χ4n) is 2.84. The van der Waals surface area contributed by atoms with E-state index in [1.165, 1.54) is 6.07 Å². The van der Waals surface area contributed by atoms with E-state index in [0.717, 1.165) is 18.7 Å². The molecule has 1 fully saturated rings. The average molecular weight is 234 g/mol. The van der Waals surface area contributed by atoms with Crippen molar-refractivity contribution < 1.29 is 9.18 Å². The quantitative estimate of drug-likeness (QED) is 0.707. The average Bonchev–Trinajstić information content (AvgIpc) is 2.73. The van der Waals surface area contributed by atoms with Crippen LogP contribution in [0.4, 0.5) is 4.39 Å². The summed E-state index contributed by atoms with van der Waals surface area (Å²) in [4.78, 5) is 11.9. The molecule has 3 rings (SSSR count). The van der Waals surface area contributed by atoms with Gasteiger partial charge in [-0.25, -0.2) is 4.39 Å². The van der Waals surface area contributed by atoms with Gasteiger partial charge in [-0.05, 0) is 30.0 Å². The van der Waals surface area contributed by atoms with Gasteiger partial charge in [-0.2, -0.15) is 0 Å². The first kappa shape index (κ1) is 10.7. The van der Waals surface area contributed by atoms with Crippen molar-refractivity contribution in [2.75, 3.05) is 19.6 Å². The molecule has 3 nitrogen and oxygen atoms in total. The number of carbonyl (C=O) groups excluding carboxylic acids is 1. The molecule has 17 heavy (non-hydrogen) atoms. The lowest BCUT2D eigenvalue weighted by atomic mass is 9.86. The Balaban J connectivity index is 2.16. The molecule has 90 valence electrons. The summed E-state index contributed by atoms with van der Waals surface area (Å²) < 4.78 is 13.6. The van der Waals surface area contributed by atoms with Crippen molar-refractivity contribution in [3.05, 3.63) is 34.6 Å². The van der Waals surface area contributed by atoms with Crippen molar-refractivity contribution in [1.82, 2.24) is 10.6 Å². The minimum atomic E-state index is -0.302. The van der Waals surface area contributed by atoms with E-state index in [1.54, 1.807) is 6.92 Å². The summed E-state index contributed by atoms with van der Waals surface area (Å²) >= 11 is 0. The summed E-state index contributed by atoms with van der Waals surface area (Å²) in [5, 5.41) is 6.21. The molecule has 1 aromatic rings. The summed E-state index contributed by atoms with van der Waals surface area (Å²) in [5.41, 5.74) is 2.11. The molecule has 0 bridgehead atoms. The van der Waals surface area contributed by atoms with Gasteiger partial charge in [0.2, 0.25) is 0 Å². The van der Waals surface area contributed by atoms with Crippen LogP contribution in [0.15, 0.2) is 12.1 Å². The van der Waals surface area contributed by atoms with E-state index in [1.807, 2.05) is 6.07 Å². The summed E-state index contributed by atoms with van der Waals surface area (Å²) in [6, 6.07) is 3.21. The minimum absolute atomic E-state index is 0.145. The Morgan fingerprint density at radius 1 is 1.29 bits per heavy atom. The van der Waals surface area contributed by atoms with E-state index in [-0.39, 0.29) is 11.7 Å². The molecule has 2 aliphatic rings. The first-order chi connectivity index (χ1) is 8.16. The number of nitrogens with one attached hydrogen (secondary N) is 2. The highest BCUT2D eigenvalue weighted by Gasteiger charge is 2.34. The number of benzene rings is 1. The second-order valence-electron chi connectivity index (χ2n) is 4.92. The molecule has 1 saturated heterocycles. The Morgan fingerprint density at radius 2 is 2.12 bits per heavy atom. The number of rotatable bonds is 0. The van der Waals surface area contributed by atoms with Crippen LogP contribution in [0.3, 0.4) is 0 Å². The SMILES string of the molecule is Cc1cc2c(cc1F)C(=O)NC[C@H]1CNC[C@@H]21. The van der Waals surface area contributed by atoms with Crippen LogP contribution in [-0.4, -0.2) is 25.5 Å². The van der Waals surface area contributed by atoms with Gasteiger partial charge in [0.25, 0.3) is 5.91 Å². The van der Waals surface area contributed by atoms with Gasteiger partial charge in [0, 0.05) is 31.1 Å². The van der Waals surface area contributed by atoms with Gasteiger partial charge >= 0.3 is 0 Å². The van der Waals surface area contributed by atoms with Crippen molar-refractivity contribution in [3.8, 4) is 0 Å². The van der Waals surface area contributed by atoms with Crippen molar-refractivity contribution in [3.63, 3.8) is 0 Å². The standard InChI is InChI=1S/C13H15FN2O/c1-7-2-9-10(3-12(7)14)13(17)16-5-8-4-15-6-11(8)9/h2-3,8,11,15H,4-6H2,1H3,(H,16,17)/t8-,11-/m1/s1. The monoisotopic (exact) mass is 234 g/mol. The van der Waals surface area contributed by atoms with E-state index in [0.29, 0.717) is 29.5 Å². The Hall–Kier alpha value is -1.42. The van der Waals surface area contributed by atoms with E-state index >= 15 is 0 Å². The van der Waals surface area contributed by atoms with Crippen molar-refractivity contribution in [2.24, 2.45) is 5.92 Å². The third-order valence-corrected chi connectivity index (χ3v) is 3.84. The second kappa shape index (κ2) is 3.81. The van der Waals surface area contributed by atoms with Crippen LogP contribution < -0.4 is 10.6 Å². The maximum Gasteiger partial charge on any atom is 0.251 e. The van der Waals surface area contributed by atoms with Gasteiger partial charge in [0.15, 0.2) is 0 Å². The fraction of sp³-hybridized carbons (Fsp3) is 0.462. The van der Waals surface area contributed by atoms with Gasteiger partial charge in [0.1, 0.15) is 5.82 Å². The predicted octanol–water partition coefficient (Wildman–Crippen LogP) is 1.18. The zero-order chi connectivity index (χ0) is 12.0. The molecule has 0 radical (unpaired) electrons. The second-order valence-corrected chi connectivity index (χ2v) is 4.92. The van der Waals surface area contributed by atoms with E-state index in [2.05, 4.69) is 10.6 Å². The van der Waals surface area contributed by atoms with Crippen LogP contribution in [0.5, 0.6) is 0 Å². The summed E-state index contributed by atoms with van der Waals surface area (Å²) in [7, 11) is 0. The lowest BCUT2D eigenvalue weighted by molar-refractivity contribution is 0.0952. The molecule has 1 aromatic carbocycles. The highest BCUT2D eigenvalue weighted by Crippen LogP contribution is 2.33. The minimum Gasteiger partial charge on any atom is -0.352 e. The normalized spacial score (nSPS) is 27.1. The number of hydrogen-bond donors (Lipinski definition) is 2. The lowest BCUT2D eigenvalue weighted by Gasteiger charge is -2.16. The molecule has 0 spiro atoms. The molecule has 1 amide bonds. The van der Waals surface area contributed by atoms with Gasteiger partial charge in [-0.3, -0.25) is 4.79 Å². The van der Waals surface area contributed by atoms with Crippen molar-refractivity contribution in [1.29, 1.82) is 0 Å². The van der Waals surface area contributed by atoms with Crippen LogP contribution >= 0.6 is 0 Å². The molecular formula is C13H15FN2O. The topological polar surface area (TPSA) is 41.1 Å². The number of hydrogen-bond acceptors (Lipinski definition) is 2. The van der Waals surface area contributed by atoms with Crippen LogP contribution in [0, 0.1) is 18.7 Å². The van der Waals surface area contributed by atoms with Gasteiger partial charge in [0.05, 0.1) is 0 Å². The van der Waals surface area contributed by atoms with Gasteiger partial charge < -0.3 is 10.6 Å². The van der Waals surface area contributed by atoms with E-state index in [4.69, 9.17) is 0 Å². The summed E-state index contributed by atoms with van der Waals surface area (Å²) in [5.74, 6) is 0.296. The Bertz CT molecular complexity index is 487. The molecule has 0 aromatic heterocycles. The van der Waals surface area contributed by atoms with Crippen LogP contribution in [0.1, 0.15) is 27.4 Å². The molecular weight excluding hydrogens is 219 g/mol. The van der Waals surface area contributed by atoms with Crippen molar-refractivity contribution >= 4 is 5.91 Å². The predicted molar refractivity (Wildman–Crippen MR) is 62.6 cm³/mol. The molecule has 0 saturated carbocycles. The zero-order valence-corrected chi connectivity index (χ0v) is 9.72. The number of carbonyl (C=O) groups is 1. The van der Waals surface area contributed by atoms with Crippen molar-refractivity contribution in [2.45, 2.75) is 12.8 Å². The Morgan fingerprint density at radius 3 is 2.94 bits per heavy atom. The number of amides is 1. The maximum absolute atomic E-state index is 13.6. The van der Waals surface area contributed by atoms with E-state index < -0.39 is 0 Å². The smallest absolute Gasteiger partial charge is 0.251 e. The Labute approximate surface area is 99.4 Å². The van der Waals surface area contributed by atoms with Gasteiger partial charge in [-0.15, -0.1) is 0 Å². The number of halogens is 1. The molecule has 2 aliphatic heterocycles. The zero-order valence-electron chi connectivity index (χ0n) is 9.72. The molecule has 2 N–H and O–H groups in total. The fourth-order valence-corrected chi connectivity index (χ4v) is 2.84. The number of fused-ring (bicyclic) bond motifs is 3. The third kappa shape index (κ3) is 1.63. The molecule has 0 unspecified atom stereocenters. The molecule has 4 heteroatoms. The highest BCUT2D eigenvalue weighted by molar-refractivity contribution is 5.96. The summed E-state index contributed by atoms with van der Waals surface area (Å²) in [6.07, 6.45) is 0. The molecule has 2 atom stereocenters. The Kier molecular flexibility index (Phi) is 2.40. The van der Waals surface area contributed by atoms with Crippen LogP contribution in [-0.2, 0) is 0 Å². The van der Waals surface area contributed by atoms with E-state index in [9.17, 15) is 9.18 Å². The first-order valence-electron chi connectivity index (χ1n) is 5.96. The van der Waals surface area contributed by atoms with Crippen LogP contribution in [0.2, 0.25) is 0 Å². The molecule has 0 aliphatic carbocycles. The highest BCUT2D eigenvalue weighted by atomic mass is 19.1. The van der Waals surface area contributed by atoms with Crippen LogP contribution in [0.25, 0.3) is 0 Å². The first-order valence-corrected chi connectivity index (χ1v) is 5.96. The third-order valence-electron chi connectivity index (χ3n) is 3.84.